The van der Waals surface area contributed by atoms with Gasteiger partial charge in [-0.05, 0) is 52.4 Å². The van der Waals surface area contributed by atoms with Gasteiger partial charge in [0.1, 0.15) is 0 Å². The van der Waals surface area contributed by atoms with Crippen LogP contribution in [0.5, 0.6) is 0 Å². The highest BCUT2D eigenvalue weighted by Crippen LogP contribution is 2.18. The third kappa shape index (κ3) is 9.31. The molecule has 0 N–H and O–H groups in total. The molecule has 0 saturated heterocycles. The number of rotatable bonds is 7. The van der Waals surface area contributed by atoms with Gasteiger partial charge in [0.25, 0.3) is 0 Å². The molecule has 0 saturated carbocycles. The summed E-state index contributed by atoms with van der Waals surface area (Å²) in [6.07, 6.45) is 0. The molecule has 0 aliphatic rings. The number of hydrogen-bond donors (Lipinski definition) is 0. The molecule has 4 nitrogen and oxygen atoms in total. The molecule has 0 aromatic carbocycles. The Bertz CT molecular complexity index is 240. The van der Waals surface area contributed by atoms with E-state index in [0.29, 0.717) is 0 Å². The molecule has 1 unspecified atom stereocenters. The molecule has 0 aromatic heterocycles. The summed E-state index contributed by atoms with van der Waals surface area (Å²) in [7, 11) is -5.54. The zero-order valence-corrected chi connectivity index (χ0v) is 16.9. The maximum absolute atomic E-state index is 6.13. The first-order chi connectivity index (χ1) is 7.37. The summed E-state index contributed by atoms with van der Waals surface area (Å²) < 4.78 is 23.5. The fraction of sp³-hybridized carbons (Fsp3) is 1.00. The van der Waals surface area contributed by atoms with E-state index >= 15 is 0 Å². The van der Waals surface area contributed by atoms with Crippen molar-refractivity contribution in [1.29, 1.82) is 0 Å². The van der Waals surface area contributed by atoms with Gasteiger partial charge in [0.05, 0.1) is 0 Å². The Morgan fingerprint density at radius 3 is 1.53 bits per heavy atom. The number of hydrogen-bond acceptors (Lipinski definition) is 4. The van der Waals surface area contributed by atoms with Crippen LogP contribution in [0.25, 0.3) is 0 Å². The molecule has 0 amide bonds. The van der Waals surface area contributed by atoms with Gasteiger partial charge >= 0.3 is 26.4 Å². The summed E-state index contributed by atoms with van der Waals surface area (Å²) >= 11 is 0. The van der Waals surface area contributed by atoms with Gasteiger partial charge in [-0.25, -0.2) is 0 Å². The van der Waals surface area contributed by atoms with Crippen molar-refractivity contribution in [2.75, 3.05) is 7.11 Å². The molecule has 0 bridgehead atoms. The molecule has 0 heterocycles. The standard InChI is InChI=1S/C9H28O4Si4/c1-10-16(6,7)11-14(2)12-17(8,9)13-15(3,4)5/h14H,1-9H3. The SMILES string of the molecule is CO[Si](C)(C)O[SiH](C)O[Si](C)(C)O[Si](C)(C)C. The van der Waals surface area contributed by atoms with E-state index in [1.54, 1.807) is 7.11 Å². The van der Waals surface area contributed by atoms with Crippen molar-refractivity contribution in [3.8, 4) is 0 Å². The lowest BCUT2D eigenvalue weighted by atomic mass is 11.8. The average Bonchev–Trinajstić information content (AvgIpc) is 1.96. The van der Waals surface area contributed by atoms with Crippen molar-refractivity contribution in [3.05, 3.63) is 0 Å². The third-order valence-corrected chi connectivity index (χ3v) is 14.5. The van der Waals surface area contributed by atoms with Crippen molar-refractivity contribution < 1.29 is 16.8 Å². The second-order valence-electron chi connectivity index (χ2n) is 6.02. The predicted octanol–water partition coefficient (Wildman–Crippen LogP) is 2.77. The second kappa shape index (κ2) is 6.24. The smallest absolute Gasteiger partial charge is 0.322 e. The molecule has 104 valence electrons. The van der Waals surface area contributed by atoms with Gasteiger partial charge in [-0.3, -0.25) is 0 Å². The van der Waals surface area contributed by atoms with Crippen molar-refractivity contribution in [2.24, 2.45) is 0 Å². The quantitative estimate of drug-likeness (QED) is 0.677. The summed E-state index contributed by atoms with van der Waals surface area (Å²) in [6.45, 7) is 16.9. The lowest BCUT2D eigenvalue weighted by Gasteiger charge is -2.34. The molecule has 0 spiro atoms. The van der Waals surface area contributed by atoms with E-state index in [4.69, 9.17) is 16.8 Å². The zero-order chi connectivity index (χ0) is 13.9. The highest BCUT2D eigenvalue weighted by molar-refractivity contribution is 6.84. The van der Waals surface area contributed by atoms with Crippen LogP contribution in [0.3, 0.4) is 0 Å². The van der Waals surface area contributed by atoms with Crippen LogP contribution >= 0.6 is 0 Å². The highest BCUT2D eigenvalue weighted by atomic mass is 28.5. The molecule has 0 fully saturated rings. The van der Waals surface area contributed by atoms with Crippen LogP contribution in [0.1, 0.15) is 0 Å². The summed E-state index contributed by atoms with van der Waals surface area (Å²) in [5.74, 6) is 0. The minimum atomic E-state index is -2.05. The first-order valence-corrected chi connectivity index (χ1v) is 17.1. The van der Waals surface area contributed by atoms with Crippen LogP contribution in [0, 0.1) is 0 Å². The first kappa shape index (κ1) is 17.7. The minimum absolute atomic E-state index is 1.54. The molecule has 0 aliphatic heterocycles. The van der Waals surface area contributed by atoms with E-state index in [2.05, 4.69) is 39.3 Å². The fourth-order valence-electron chi connectivity index (χ4n) is 1.63. The third-order valence-electron chi connectivity index (χ3n) is 1.94. The Kier molecular flexibility index (Phi) is 6.50. The van der Waals surface area contributed by atoms with E-state index in [-0.39, 0.29) is 0 Å². The summed E-state index contributed by atoms with van der Waals surface area (Å²) in [6, 6.07) is 0. The Morgan fingerprint density at radius 2 is 1.18 bits per heavy atom. The monoisotopic (exact) mass is 312 g/mol. The van der Waals surface area contributed by atoms with Crippen molar-refractivity contribution in [3.63, 3.8) is 0 Å². The van der Waals surface area contributed by atoms with Crippen LogP contribution in [0.15, 0.2) is 0 Å². The summed E-state index contributed by atoms with van der Waals surface area (Å²) in [5, 5.41) is 0. The topological polar surface area (TPSA) is 36.9 Å². The molecule has 0 radical (unpaired) electrons. The van der Waals surface area contributed by atoms with E-state index < -0.39 is 34.7 Å². The van der Waals surface area contributed by atoms with E-state index in [1.807, 2.05) is 13.1 Å². The van der Waals surface area contributed by atoms with Gasteiger partial charge in [0, 0.05) is 7.11 Å². The largest absolute Gasteiger partial charge is 0.437 e. The van der Waals surface area contributed by atoms with E-state index in [0.717, 1.165) is 0 Å². The maximum Gasteiger partial charge on any atom is 0.322 e. The van der Waals surface area contributed by atoms with E-state index in [1.165, 1.54) is 0 Å². The van der Waals surface area contributed by atoms with Crippen molar-refractivity contribution in [1.82, 2.24) is 0 Å². The van der Waals surface area contributed by atoms with Gasteiger partial charge in [-0.1, -0.05) is 0 Å². The Balaban J connectivity index is 4.32. The van der Waals surface area contributed by atoms with Crippen LogP contribution in [0.4, 0.5) is 0 Å². The Hall–Kier alpha value is 0.708. The average molecular weight is 313 g/mol. The lowest BCUT2D eigenvalue weighted by molar-refractivity contribution is 0.280. The molecule has 0 rings (SSSR count). The van der Waals surface area contributed by atoms with Crippen LogP contribution in [-0.4, -0.2) is 41.8 Å². The van der Waals surface area contributed by atoms with Gasteiger partial charge in [-0.2, -0.15) is 0 Å². The second-order valence-corrected chi connectivity index (χ2v) is 20.1. The van der Waals surface area contributed by atoms with Gasteiger partial charge in [0.15, 0.2) is 8.32 Å². The minimum Gasteiger partial charge on any atom is -0.437 e. The van der Waals surface area contributed by atoms with E-state index in [9.17, 15) is 0 Å². The molecule has 1 atom stereocenters. The fourth-order valence-corrected chi connectivity index (χ4v) is 15.6. The normalized spacial score (nSPS) is 16.1. The molecule has 0 aliphatic carbocycles. The van der Waals surface area contributed by atoms with Crippen LogP contribution < -0.4 is 0 Å². The lowest BCUT2D eigenvalue weighted by Crippen LogP contribution is -2.50. The highest BCUT2D eigenvalue weighted by Gasteiger charge is 2.36. The van der Waals surface area contributed by atoms with Crippen molar-refractivity contribution >= 4 is 34.7 Å². The molecular weight excluding hydrogens is 284 g/mol. The Morgan fingerprint density at radius 1 is 0.765 bits per heavy atom. The predicted molar refractivity (Wildman–Crippen MR) is 81.6 cm³/mol. The maximum atomic E-state index is 6.13. The van der Waals surface area contributed by atoms with Gasteiger partial charge < -0.3 is 16.8 Å². The molecule has 17 heavy (non-hydrogen) atoms. The Labute approximate surface area is 111 Å². The van der Waals surface area contributed by atoms with Crippen LogP contribution in [0.2, 0.25) is 52.4 Å². The zero-order valence-electron chi connectivity index (χ0n) is 12.7. The summed E-state index contributed by atoms with van der Waals surface area (Å²) in [5.41, 5.74) is 0. The van der Waals surface area contributed by atoms with Crippen molar-refractivity contribution in [2.45, 2.75) is 52.4 Å². The molecule has 0 aromatic rings. The van der Waals surface area contributed by atoms with Gasteiger partial charge in [-0.15, -0.1) is 0 Å². The molecular formula is C9H28O4Si4. The van der Waals surface area contributed by atoms with Crippen LogP contribution in [-0.2, 0) is 16.8 Å². The molecule has 8 heteroatoms. The van der Waals surface area contributed by atoms with Gasteiger partial charge in [0.2, 0.25) is 0 Å². The summed E-state index contributed by atoms with van der Waals surface area (Å²) in [4.78, 5) is 0. The first-order valence-electron chi connectivity index (χ1n) is 5.98.